The van der Waals surface area contributed by atoms with E-state index in [4.69, 9.17) is 15.2 Å². The molecule has 0 fully saturated rings. The third-order valence-corrected chi connectivity index (χ3v) is 4.68. The summed E-state index contributed by atoms with van der Waals surface area (Å²) in [6, 6.07) is 6.38. The molecule has 1 aliphatic heterocycles. The van der Waals surface area contributed by atoms with Crippen LogP contribution in [-0.2, 0) is 19.1 Å². The first-order valence-electron chi connectivity index (χ1n) is 8.63. The lowest BCUT2D eigenvalue weighted by atomic mass is 9.70. The Bertz CT molecular complexity index is 817. The van der Waals surface area contributed by atoms with Crippen molar-refractivity contribution in [2.45, 2.75) is 39.5 Å². The van der Waals surface area contributed by atoms with Crippen molar-refractivity contribution in [2.24, 2.45) is 11.1 Å². The van der Waals surface area contributed by atoms with Gasteiger partial charge in [-0.05, 0) is 30.0 Å². The molecule has 26 heavy (non-hydrogen) atoms. The molecule has 0 spiro atoms. The summed E-state index contributed by atoms with van der Waals surface area (Å²) in [6.07, 6.45) is 0.916. The summed E-state index contributed by atoms with van der Waals surface area (Å²) < 4.78 is 10.9. The van der Waals surface area contributed by atoms with Crippen molar-refractivity contribution in [3.05, 3.63) is 52.6 Å². The van der Waals surface area contributed by atoms with Crippen LogP contribution in [-0.4, -0.2) is 23.5 Å². The minimum atomic E-state index is -0.665. The highest BCUT2D eigenvalue weighted by molar-refractivity contribution is 6.03. The minimum absolute atomic E-state index is 0.0363. The quantitative estimate of drug-likeness (QED) is 0.807. The largest absolute Gasteiger partial charge is 0.508 e. The molecule has 6 heteroatoms. The number of ether oxygens (including phenoxy) is 2. The number of aromatic hydroxyl groups is 1. The Hall–Kier alpha value is -2.76. The van der Waals surface area contributed by atoms with E-state index in [0.717, 1.165) is 0 Å². The van der Waals surface area contributed by atoms with Crippen molar-refractivity contribution >= 4 is 11.8 Å². The molecule has 0 aromatic heterocycles. The van der Waals surface area contributed by atoms with Gasteiger partial charge in [0, 0.05) is 18.4 Å². The van der Waals surface area contributed by atoms with Gasteiger partial charge >= 0.3 is 5.97 Å². The van der Waals surface area contributed by atoms with Crippen LogP contribution in [0.3, 0.4) is 0 Å². The third kappa shape index (κ3) is 3.19. The Morgan fingerprint density at radius 1 is 1.31 bits per heavy atom. The van der Waals surface area contributed by atoms with Gasteiger partial charge in [-0.25, -0.2) is 4.79 Å². The van der Waals surface area contributed by atoms with Crippen LogP contribution in [0.1, 0.15) is 45.1 Å². The topological polar surface area (TPSA) is 98.9 Å². The standard InChI is InChI=1S/C20H23NO5/c1-4-25-19(24)17-15(11-5-7-12(22)8-6-11)16-13(23)9-20(2,3)10-14(16)26-18(17)21/h5-8,15,22H,4,9-10,21H2,1-3H3/t15-/m1/s1. The van der Waals surface area contributed by atoms with Crippen LogP contribution in [0.5, 0.6) is 5.75 Å². The molecule has 0 amide bonds. The number of ketones is 1. The zero-order chi connectivity index (χ0) is 19.1. The van der Waals surface area contributed by atoms with Gasteiger partial charge in [-0.3, -0.25) is 4.79 Å². The highest BCUT2D eigenvalue weighted by atomic mass is 16.5. The average molecular weight is 357 g/mol. The molecule has 1 atom stereocenters. The van der Waals surface area contributed by atoms with Crippen LogP contribution in [0.15, 0.2) is 47.1 Å². The molecule has 0 unspecified atom stereocenters. The molecule has 0 radical (unpaired) electrons. The summed E-state index contributed by atoms with van der Waals surface area (Å²) in [5.74, 6) is -0.765. The fraction of sp³-hybridized carbons (Fsp3) is 0.400. The first-order chi connectivity index (χ1) is 12.2. The molecule has 6 nitrogen and oxygen atoms in total. The van der Waals surface area contributed by atoms with Gasteiger partial charge in [0.1, 0.15) is 17.1 Å². The molecular weight excluding hydrogens is 334 g/mol. The number of benzene rings is 1. The van der Waals surface area contributed by atoms with Crippen molar-refractivity contribution < 1.29 is 24.2 Å². The summed E-state index contributed by atoms with van der Waals surface area (Å²) in [4.78, 5) is 25.5. The third-order valence-electron chi connectivity index (χ3n) is 4.68. The number of allylic oxidation sites excluding steroid dienone is 2. The van der Waals surface area contributed by atoms with Crippen molar-refractivity contribution in [3.8, 4) is 5.75 Å². The maximum Gasteiger partial charge on any atom is 0.340 e. The van der Waals surface area contributed by atoms with Gasteiger partial charge in [0.15, 0.2) is 5.78 Å². The Morgan fingerprint density at radius 2 is 1.96 bits per heavy atom. The number of esters is 1. The maximum atomic E-state index is 12.9. The van der Waals surface area contributed by atoms with Gasteiger partial charge in [-0.1, -0.05) is 26.0 Å². The molecule has 1 aromatic carbocycles. The number of hydrogen-bond acceptors (Lipinski definition) is 6. The van der Waals surface area contributed by atoms with E-state index in [1.54, 1.807) is 19.1 Å². The van der Waals surface area contributed by atoms with Gasteiger partial charge in [0.05, 0.1) is 12.5 Å². The Labute approximate surface area is 152 Å². The van der Waals surface area contributed by atoms with Crippen LogP contribution in [0.2, 0.25) is 0 Å². The SMILES string of the molecule is CCOC(=O)C1=C(N)OC2=C(C(=O)CC(C)(C)C2)[C@H]1c1ccc(O)cc1. The molecule has 0 saturated carbocycles. The lowest BCUT2D eigenvalue weighted by Gasteiger charge is -2.37. The van der Waals surface area contributed by atoms with Crippen molar-refractivity contribution in [1.82, 2.24) is 0 Å². The fourth-order valence-corrected chi connectivity index (χ4v) is 3.59. The van der Waals surface area contributed by atoms with Gasteiger partial charge in [-0.2, -0.15) is 0 Å². The zero-order valence-electron chi connectivity index (χ0n) is 15.2. The van der Waals surface area contributed by atoms with Crippen molar-refractivity contribution in [1.29, 1.82) is 0 Å². The molecule has 0 bridgehead atoms. The summed E-state index contributed by atoms with van der Waals surface area (Å²) >= 11 is 0. The molecule has 1 aliphatic carbocycles. The smallest absolute Gasteiger partial charge is 0.340 e. The van der Waals surface area contributed by atoms with Crippen LogP contribution >= 0.6 is 0 Å². The number of carbonyl (C=O) groups is 2. The summed E-state index contributed by atoms with van der Waals surface area (Å²) in [7, 11) is 0. The second-order valence-corrected chi connectivity index (χ2v) is 7.40. The predicted octanol–water partition coefficient (Wildman–Crippen LogP) is 2.88. The van der Waals surface area contributed by atoms with Crippen LogP contribution < -0.4 is 5.73 Å². The normalized spacial score (nSPS) is 22.0. The van der Waals surface area contributed by atoms with Crippen molar-refractivity contribution in [2.75, 3.05) is 6.61 Å². The monoisotopic (exact) mass is 357 g/mol. The van der Waals surface area contributed by atoms with E-state index in [-0.39, 0.29) is 35.0 Å². The second kappa shape index (κ2) is 6.52. The number of rotatable bonds is 3. The van der Waals surface area contributed by atoms with Crippen LogP contribution in [0, 0.1) is 5.41 Å². The summed E-state index contributed by atoms with van der Waals surface area (Å²) in [6.45, 7) is 5.88. The zero-order valence-corrected chi connectivity index (χ0v) is 15.2. The Morgan fingerprint density at radius 3 is 2.58 bits per heavy atom. The first-order valence-corrected chi connectivity index (χ1v) is 8.63. The number of phenolic OH excluding ortho intramolecular Hbond substituents is 1. The molecule has 138 valence electrons. The number of hydrogen-bond donors (Lipinski definition) is 2. The first kappa shape index (κ1) is 18.0. The molecule has 2 aliphatic rings. The molecule has 1 aromatic rings. The van der Waals surface area contributed by atoms with Gasteiger partial charge in [0.2, 0.25) is 5.88 Å². The number of carbonyl (C=O) groups excluding carboxylic acids is 2. The Kier molecular flexibility index (Phi) is 4.52. The molecule has 0 saturated heterocycles. The van der Waals surface area contributed by atoms with E-state index in [9.17, 15) is 14.7 Å². The average Bonchev–Trinajstić information content (AvgIpc) is 2.53. The summed E-state index contributed by atoms with van der Waals surface area (Å²) in [5, 5.41) is 9.59. The highest BCUT2D eigenvalue weighted by Gasteiger charge is 2.44. The second-order valence-electron chi connectivity index (χ2n) is 7.40. The molecule has 3 N–H and O–H groups in total. The lowest BCUT2D eigenvalue weighted by Crippen LogP contribution is -2.35. The predicted molar refractivity (Wildman–Crippen MR) is 94.8 cm³/mol. The van der Waals surface area contributed by atoms with E-state index in [2.05, 4.69) is 0 Å². The van der Waals surface area contributed by atoms with E-state index in [1.807, 2.05) is 13.8 Å². The lowest BCUT2D eigenvalue weighted by molar-refractivity contribution is -0.139. The van der Waals surface area contributed by atoms with Crippen LogP contribution in [0.4, 0.5) is 0 Å². The van der Waals surface area contributed by atoms with Gasteiger partial charge in [0.25, 0.3) is 0 Å². The Balaban J connectivity index is 2.17. The summed E-state index contributed by atoms with van der Waals surface area (Å²) in [5.41, 5.74) is 7.09. The van der Waals surface area contributed by atoms with E-state index in [0.29, 0.717) is 29.7 Å². The van der Waals surface area contributed by atoms with Gasteiger partial charge < -0.3 is 20.3 Å². The fourth-order valence-electron chi connectivity index (χ4n) is 3.59. The van der Waals surface area contributed by atoms with Crippen LogP contribution in [0.25, 0.3) is 0 Å². The minimum Gasteiger partial charge on any atom is -0.508 e. The maximum absolute atomic E-state index is 12.9. The van der Waals surface area contributed by atoms with E-state index < -0.39 is 11.9 Å². The number of Topliss-reactive ketones (excluding diaryl/α,β-unsaturated/α-hetero) is 1. The van der Waals surface area contributed by atoms with Gasteiger partial charge in [-0.15, -0.1) is 0 Å². The molecule has 3 rings (SSSR count). The van der Waals surface area contributed by atoms with E-state index in [1.165, 1.54) is 12.1 Å². The van der Waals surface area contributed by atoms with Crippen molar-refractivity contribution in [3.63, 3.8) is 0 Å². The number of phenols is 1. The number of nitrogens with two attached hydrogens (primary N) is 1. The molecule has 1 heterocycles. The van der Waals surface area contributed by atoms with E-state index >= 15 is 0 Å². The highest BCUT2D eigenvalue weighted by Crippen LogP contribution is 2.48. The molecular formula is C20H23NO5.